The second-order valence-corrected chi connectivity index (χ2v) is 6.63. The Morgan fingerprint density at radius 2 is 1.75 bits per heavy atom. The molecule has 0 saturated carbocycles. The number of hydrogen-bond acceptors (Lipinski definition) is 4. The maximum absolute atomic E-state index is 14.0. The zero-order valence-corrected chi connectivity index (χ0v) is 15.8. The Kier molecular flexibility index (Phi) is 7.76. The van der Waals surface area contributed by atoms with Crippen molar-refractivity contribution in [2.24, 2.45) is 0 Å². The third-order valence-corrected chi connectivity index (χ3v) is 4.34. The summed E-state index contributed by atoms with van der Waals surface area (Å²) >= 11 is 1.25. The molecule has 0 unspecified atom stereocenters. The van der Waals surface area contributed by atoms with Crippen LogP contribution in [0.5, 0.6) is 0 Å². The zero-order valence-electron chi connectivity index (χ0n) is 15.0. The number of carbonyl (C=O) groups excluding carboxylic acids is 2. The standard InChI is InChI=1S/C20H19FN2O4S/c1-28-12-17(20(26)27)23-19(25)16(11-14-9-5-6-10-15(14)21)22-18(24)13-7-3-2-4-8-13/h2-11,17H,12H2,1H3,(H,22,24)(H,23,25)(H,26,27)/b16-11+/t17-/m1/s1. The minimum absolute atomic E-state index is 0.0813. The van der Waals surface area contributed by atoms with Gasteiger partial charge >= 0.3 is 5.97 Å². The summed E-state index contributed by atoms with van der Waals surface area (Å²) in [5, 5.41) is 14.0. The Hall–Kier alpha value is -3.13. The first kappa shape index (κ1) is 21.2. The molecule has 0 bridgehead atoms. The third kappa shape index (κ3) is 5.95. The van der Waals surface area contributed by atoms with Crippen LogP contribution in [-0.4, -0.2) is 40.9 Å². The van der Waals surface area contributed by atoms with Gasteiger partial charge in [-0.2, -0.15) is 11.8 Å². The topological polar surface area (TPSA) is 95.5 Å². The number of benzene rings is 2. The van der Waals surface area contributed by atoms with Crippen molar-refractivity contribution in [2.75, 3.05) is 12.0 Å². The van der Waals surface area contributed by atoms with Gasteiger partial charge in [0.1, 0.15) is 17.6 Å². The van der Waals surface area contributed by atoms with E-state index in [1.54, 1.807) is 42.7 Å². The van der Waals surface area contributed by atoms with Crippen molar-refractivity contribution in [1.29, 1.82) is 0 Å². The number of hydrogen-bond donors (Lipinski definition) is 3. The molecule has 28 heavy (non-hydrogen) atoms. The van der Waals surface area contributed by atoms with Gasteiger partial charge in [0.2, 0.25) is 0 Å². The number of aliphatic carboxylic acids is 1. The van der Waals surface area contributed by atoms with Gasteiger partial charge in [0.05, 0.1) is 0 Å². The fourth-order valence-electron chi connectivity index (χ4n) is 2.27. The van der Waals surface area contributed by atoms with Gasteiger partial charge in [-0.15, -0.1) is 0 Å². The molecule has 0 aliphatic heterocycles. The lowest BCUT2D eigenvalue weighted by molar-refractivity contribution is -0.140. The monoisotopic (exact) mass is 402 g/mol. The number of thioether (sulfide) groups is 1. The summed E-state index contributed by atoms with van der Waals surface area (Å²) in [5.74, 6) is -3.05. The van der Waals surface area contributed by atoms with E-state index in [1.165, 1.54) is 36.0 Å². The normalized spacial score (nSPS) is 12.1. The third-order valence-electron chi connectivity index (χ3n) is 3.67. The molecule has 2 rings (SSSR count). The van der Waals surface area contributed by atoms with Crippen molar-refractivity contribution >= 4 is 35.6 Å². The molecule has 2 amide bonds. The highest BCUT2D eigenvalue weighted by molar-refractivity contribution is 7.98. The molecule has 0 radical (unpaired) electrons. The Bertz CT molecular complexity index is 887. The maximum atomic E-state index is 14.0. The predicted octanol–water partition coefficient (Wildman–Crippen LogP) is 2.53. The molecule has 2 aromatic rings. The quantitative estimate of drug-likeness (QED) is 0.590. The first-order chi connectivity index (χ1) is 13.4. The number of carboxylic acids is 1. The highest BCUT2D eigenvalue weighted by atomic mass is 32.2. The van der Waals surface area contributed by atoms with Crippen LogP contribution in [0.1, 0.15) is 15.9 Å². The van der Waals surface area contributed by atoms with Gasteiger partial charge in [0.15, 0.2) is 0 Å². The molecule has 2 aromatic carbocycles. The van der Waals surface area contributed by atoms with E-state index in [-0.39, 0.29) is 17.0 Å². The fourth-order valence-corrected chi connectivity index (χ4v) is 2.83. The summed E-state index contributed by atoms with van der Waals surface area (Å²) in [5.41, 5.74) is 0.123. The molecular weight excluding hydrogens is 383 g/mol. The highest BCUT2D eigenvalue weighted by Gasteiger charge is 2.23. The number of carboxylic acid groups (broad SMARTS) is 1. The van der Waals surface area contributed by atoms with Crippen LogP contribution in [0, 0.1) is 5.82 Å². The molecule has 0 heterocycles. The molecule has 0 fully saturated rings. The number of halogens is 1. The fraction of sp³-hybridized carbons (Fsp3) is 0.150. The van der Waals surface area contributed by atoms with Gasteiger partial charge in [-0.05, 0) is 30.5 Å². The van der Waals surface area contributed by atoms with Crippen molar-refractivity contribution < 1.29 is 23.9 Å². The van der Waals surface area contributed by atoms with Crippen LogP contribution in [0.4, 0.5) is 4.39 Å². The Morgan fingerprint density at radius 3 is 2.36 bits per heavy atom. The summed E-state index contributed by atoms with van der Waals surface area (Å²) in [6.45, 7) is 0. The van der Waals surface area contributed by atoms with E-state index in [1.807, 2.05) is 0 Å². The van der Waals surface area contributed by atoms with Gasteiger partial charge in [-0.1, -0.05) is 36.4 Å². The molecule has 0 aromatic heterocycles. The minimum atomic E-state index is -1.21. The minimum Gasteiger partial charge on any atom is -0.480 e. The number of amides is 2. The molecule has 146 valence electrons. The summed E-state index contributed by atoms with van der Waals surface area (Å²) < 4.78 is 14.0. The predicted molar refractivity (Wildman–Crippen MR) is 106 cm³/mol. The first-order valence-corrected chi connectivity index (χ1v) is 9.67. The summed E-state index contributed by atoms with van der Waals surface area (Å²) in [6, 6.07) is 12.7. The van der Waals surface area contributed by atoms with Crippen molar-refractivity contribution in [3.8, 4) is 0 Å². The van der Waals surface area contributed by atoms with E-state index in [2.05, 4.69) is 10.6 Å². The zero-order chi connectivity index (χ0) is 20.5. The van der Waals surface area contributed by atoms with Crippen LogP contribution in [0.25, 0.3) is 6.08 Å². The molecule has 3 N–H and O–H groups in total. The molecule has 1 atom stereocenters. The van der Waals surface area contributed by atoms with Crippen LogP contribution in [-0.2, 0) is 9.59 Å². The van der Waals surface area contributed by atoms with E-state index in [9.17, 15) is 23.9 Å². The van der Waals surface area contributed by atoms with Crippen LogP contribution in [0.2, 0.25) is 0 Å². The maximum Gasteiger partial charge on any atom is 0.327 e. The van der Waals surface area contributed by atoms with Gasteiger partial charge < -0.3 is 15.7 Å². The van der Waals surface area contributed by atoms with E-state index in [4.69, 9.17) is 0 Å². The second kappa shape index (κ2) is 10.3. The van der Waals surface area contributed by atoms with E-state index in [0.717, 1.165) is 0 Å². The van der Waals surface area contributed by atoms with Gasteiger partial charge in [-0.3, -0.25) is 9.59 Å². The van der Waals surface area contributed by atoms with Gasteiger partial charge in [0, 0.05) is 16.9 Å². The molecule has 0 aliphatic carbocycles. The molecule has 0 spiro atoms. The lowest BCUT2D eigenvalue weighted by Crippen LogP contribution is -2.45. The Labute approximate surface area is 165 Å². The SMILES string of the molecule is CSC[C@@H](NC(=O)/C(=C\c1ccccc1F)NC(=O)c1ccccc1)C(=O)O. The number of rotatable bonds is 8. The van der Waals surface area contributed by atoms with E-state index in [0.29, 0.717) is 5.56 Å². The lowest BCUT2D eigenvalue weighted by atomic mass is 10.1. The average molecular weight is 402 g/mol. The Balaban J connectivity index is 2.33. The molecule has 6 nitrogen and oxygen atoms in total. The van der Waals surface area contributed by atoms with Crippen molar-refractivity contribution in [3.05, 3.63) is 77.2 Å². The van der Waals surface area contributed by atoms with Crippen molar-refractivity contribution in [1.82, 2.24) is 10.6 Å². The average Bonchev–Trinajstić information content (AvgIpc) is 2.69. The molecular formula is C20H19FN2O4S. The summed E-state index contributed by atoms with van der Waals surface area (Å²) in [7, 11) is 0. The lowest BCUT2D eigenvalue weighted by Gasteiger charge is -2.16. The Morgan fingerprint density at radius 1 is 1.11 bits per heavy atom. The van der Waals surface area contributed by atoms with E-state index < -0.39 is 29.6 Å². The van der Waals surface area contributed by atoms with Crippen LogP contribution >= 0.6 is 11.8 Å². The largest absolute Gasteiger partial charge is 0.480 e. The number of carbonyl (C=O) groups is 3. The number of nitrogens with one attached hydrogen (secondary N) is 2. The van der Waals surface area contributed by atoms with Crippen molar-refractivity contribution in [2.45, 2.75) is 6.04 Å². The second-order valence-electron chi connectivity index (χ2n) is 5.72. The van der Waals surface area contributed by atoms with Gasteiger partial charge in [0.25, 0.3) is 11.8 Å². The summed E-state index contributed by atoms with van der Waals surface area (Å²) in [6.07, 6.45) is 2.87. The van der Waals surface area contributed by atoms with Gasteiger partial charge in [-0.25, -0.2) is 9.18 Å². The van der Waals surface area contributed by atoms with Crippen LogP contribution in [0.3, 0.4) is 0 Å². The van der Waals surface area contributed by atoms with Crippen LogP contribution in [0.15, 0.2) is 60.3 Å². The highest BCUT2D eigenvalue weighted by Crippen LogP contribution is 2.12. The summed E-state index contributed by atoms with van der Waals surface area (Å²) in [4.78, 5) is 36.4. The smallest absolute Gasteiger partial charge is 0.327 e. The molecule has 8 heteroatoms. The van der Waals surface area contributed by atoms with Crippen molar-refractivity contribution in [3.63, 3.8) is 0 Å². The van der Waals surface area contributed by atoms with Crippen LogP contribution < -0.4 is 10.6 Å². The first-order valence-electron chi connectivity index (χ1n) is 8.27. The molecule has 0 aliphatic rings. The molecule has 0 saturated heterocycles. The van der Waals surface area contributed by atoms with E-state index >= 15 is 0 Å².